The zero-order chi connectivity index (χ0) is 24.1. The molecule has 0 saturated carbocycles. The van der Waals surface area contributed by atoms with Crippen LogP contribution in [0.5, 0.6) is 17.2 Å². The van der Waals surface area contributed by atoms with Crippen molar-refractivity contribution in [2.75, 3.05) is 7.11 Å². The topological polar surface area (TPSA) is 114 Å². The average Bonchev–Trinajstić information content (AvgIpc) is 2.80. The van der Waals surface area contributed by atoms with Crippen LogP contribution < -0.4 is 14.2 Å². The first-order valence-corrected chi connectivity index (χ1v) is 10.2. The normalized spacial score (nSPS) is 10.8. The lowest BCUT2D eigenvalue weighted by Gasteiger charge is -2.10. The number of ether oxygens (including phenoxy) is 3. The van der Waals surface area contributed by atoms with Gasteiger partial charge in [0.1, 0.15) is 12.4 Å². The Labute approximate surface area is 191 Å². The third kappa shape index (κ3) is 9.26. The fraction of sp³-hybridized carbons (Fsp3) is 0.250. The van der Waals surface area contributed by atoms with Crippen LogP contribution >= 0.6 is 0 Å². The second kappa shape index (κ2) is 13.3. The van der Waals surface area contributed by atoms with Gasteiger partial charge in [-0.3, -0.25) is 4.79 Å². The number of benzene rings is 2. The minimum atomic E-state index is -0.896. The summed E-state index contributed by atoms with van der Waals surface area (Å²) in [4.78, 5) is 38.7. The Morgan fingerprint density at radius 3 is 2.64 bits per heavy atom. The summed E-state index contributed by atoms with van der Waals surface area (Å²) in [5, 5.41) is 9.40. The van der Waals surface area contributed by atoms with Crippen LogP contribution in [0.1, 0.15) is 37.3 Å². The number of hydrogen-bond acceptors (Lipinski definition) is 8. The van der Waals surface area contributed by atoms with Crippen molar-refractivity contribution >= 4 is 18.0 Å². The van der Waals surface area contributed by atoms with Gasteiger partial charge in [0.25, 0.3) is 5.09 Å². The summed E-state index contributed by atoms with van der Waals surface area (Å²) < 4.78 is 15.9. The third-order valence-corrected chi connectivity index (χ3v) is 4.26. The molecule has 0 aliphatic carbocycles. The van der Waals surface area contributed by atoms with Crippen LogP contribution in [0.3, 0.4) is 0 Å². The number of allylic oxidation sites excluding steroid dienone is 2. The summed E-state index contributed by atoms with van der Waals surface area (Å²) in [6.45, 7) is 1.68. The van der Waals surface area contributed by atoms with Crippen LogP contribution in [-0.2, 0) is 21.0 Å². The molecule has 0 radical (unpaired) electrons. The summed E-state index contributed by atoms with van der Waals surface area (Å²) in [7, 11) is 1.45. The molecule has 0 unspecified atom stereocenters. The molecule has 2 rings (SSSR count). The quantitative estimate of drug-likeness (QED) is 0.0862. The second-order valence-electron chi connectivity index (χ2n) is 6.74. The molecule has 0 spiro atoms. The largest absolute Gasteiger partial charge is 0.493 e. The first-order valence-electron chi connectivity index (χ1n) is 10.2. The fourth-order valence-corrected chi connectivity index (χ4v) is 2.72. The van der Waals surface area contributed by atoms with Gasteiger partial charge in [0.05, 0.1) is 7.11 Å². The highest BCUT2D eigenvalue weighted by atomic mass is 16.9. The number of carbonyl (C=O) groups excluding carboxylic acids is 2. The highest BCUT2D eigenvalue weighted by molar-refractivity contribution is 5.88. The summed E-state index contributed by atoms with van der Waals surface area (Å²) in [6.07, 6.45) is 8.46. The van der Waals surface area contributed by atoms with E-state index in [1.165, 1.54) is 25.3 Å². The zero-order valence-electron chi connectivity index (χ0n) is 18.4. The fourth-order valence-electron chi connectivity index (χ4n) is 2.72. The summed E-state index contributed by atoms with van der Waals surface area (Å²) in [5.41, 5.74) is 1.11. The maximum absolute atomic E-state index is 12.1. The molecular weight excluding hydrogens is 430 g/mol. The third-order valence-electron chi connectivity index (χ3n) is 4.26. The maximum Gasteiger partial charge on any atom is 0.336 e. The number of rotatable bonds is 12. The van der Waals surface area contributed by atoms with Crippen LogP contribution in [0.25, 0.3) is 6.08 Å². The molecule has 174 valence electrons. The van der Waals surface area contributed by atoms with Crippen LogP contribution in [0.2, 0.25) is 0 Å². The molecule has 0 aliphatic heterocycles. The number of carbonyl (C=O) groups is 2. The Morgan fingerprint density at radius 1 is 1.09 bits per heavy atom. The van der Waals surface area contributed by atoms with Gasteiger partial charge >= 0.3 is 11.9 Å². The van der Waals surface area contributed by atoms with Gasteiger partial charge in [-0.25, -0.2) is 4.79 Å². The van der Waals surface area contributed by atoms with Gasteiger partial charge < -0.3 is 19.0 Å². The lowest BCUT2D eigenvalue weighted by atomic mass is 10.2. The minimum Gasteiger partial charge on any atom is -0.493 e. The lowest BCUT2D eigenvalue weighted by molar-refractivity contribution is -0.763. The molecule has 0 atom stereocenters. The van der Waals surface area contributed by atoms with Gasteiger partial charge in [0.15, 0.2) is 11.5 Å². The Morgan fingerprint density at radius 2 is 1.91 bits per heavy atom. The minimum absolute atomic E-state index is 0.225. The van der Waals surface area contributed by atoms with E-state index in [2.05, 4.69) is 4.84 Å². The zero-order valence-corrected chi connectivity index (χ0v) is 18.4. The van der Waals surface area contributed by atoms with Gasteiger partial charge in [0, 0.05) is 12.5 Å². The molecule has 0 heterocycles. The molecule has 0 aliphatic rings. The van der Waals surface area contributed by atoms with E-state index in [4.69, 9.17) is 14.2 Å². The van der Waals surface area contributed by atoms with Crippen molar-refractivity contribution in [3.05, 3.63) is 81.9 Å². The predicted octanol–water partition coefficient (Wildman–Crippen LogP) is 4.67. The maximum atomic E-state index is 12.1. The van der Waals surface area contributed by atoms with Gasteiger partial charge in [0.2, 0.25) is 0 Å². The number of esters is 2. The van der Waals surface area contributed by atoms with Crippen molar-refractivity contribution < 1.29 is 33.7 Å². The molecule has 9 heteroatoms. The SMILES string of the molecule is C/C=C\CCCC(=O)Oc1ccc(/C=C/C(=O)Oc2cccc(CO[N+](=O)[O-])c2)cc1OC. The van der Waals surface area contributed by atoms with Crippen LogP contribution in [0, 0.1) is 10.1 Å². The Hall–Kier alpha value is -4.14. The van der Waals surface area contributed by atoms with Crippen molar-refractivity contribution in [3.8, 4) is 17.2 Å². The van der Waals surface area contributed by atoms with E-state index in [1.54, 1.807) is 36.4 Å². The van der Waals surface area contributed by atoms with Crippen molar-refractivity contribution in [1.29, 1.82) is 0 Å². The molecule has 0 bridgehead atoms. The van der Waals surface area contributed by atoms with Crippen LogP contribution in [-0.4, -0.2) is 24.1 Å². The van der Waals surface area contributed by atoms with Gasteiger partial charge in [-0.2, -0.15) is 0 Å². The lowest BCUT2D eigenvalue weighted by Crippen LogP contribution is -2.08. The standard InChI is InChI=1S/C24H25NO8/c1-3-4-5-6-10-23(26)33-21-13-11-18(16-22(21)30-2)12-14-24(27)32-20-9-7-8-19(15-20)17-31-25(28)29/h3-4,7-9,11-16H,5-6,10,17H2,1-2H3/b4-3-,14-12+. The molecule has 0 amide bonds. The molecule has 0 aromatic heterocycles. The molecule has 33 heavy (non-hydrogen) atoms. The Balaban J connectivity index is 1.96. The van der Waals surface area contributed by atoms with Gasteiger partial charge in [-0.15, -0.1) is 10.1 Å². The first-order chi connectivity index (χ1) is 15.9. The van der Waals surface area contributed by atoms with E-state index >= 15 is 0 Å². The van der Waals surface area contributed by atoms with E-state index in [9.17, 15) is 19.7 Å². The highest BCUT2D eigenvalue weighted by Gasteiger charge is 2.10. The summed E-state index contributed by atoms with van der Waals surface area (Å²) >= 11 is 0. The molecule has 0 fully saturated rings. The van der Waals surface area contributed by atoms with Crippen LogP contribution in [0.15, 0.2) is 60.7 Å². The molecule has 9 nitrogen and oxygen atoms in total. The van der Waals surface area contributed by atoms with E-state index < -0.39 is 11.1 Å². The van der Waals surface area contributed by atoms with Crippen molar-refractivity contribution in [1.82, 2.24) is 0 Å². The Bertz CT molecular complexity index is 1030. The number of nitrogens with zero attached hydrogens (tertiary/aromatic N) is 1. The van der Waals surface area contributed by atoms with E-state index in [1.807, 2.05) is 19.1 Å². The number of hydrogen-bond donors (Lipinski definition) is 0. The van der Waals surface area contributed by atoms with Crippen molar-refractivity contribution in [2.24, 2.45) is 0 Å². The smallest absolute Gasteiger partial charge is 0.336 e. The van der Waals surface area contributed by atoms with E-state index in [0.717, 1.165) is 6.42 Å². The monoisotopic (exact) mass is 455 g/mol. The molecule has 2 aromatic carbocycles. The number of methoxy groups -OCH3 is 1. The highest BCUT2D eigenvalue weighted by Crippen LogP contribution is 2.29. The van der Waals surface area contributed by atoms with Crippen molar-refractivity contribution in [2.45, 2.75) is 32.8 Å². The first kappa shape index (κ1) is 25.1. The van der Waals surface area contributed by atoms with E-state index in [-0.39, 0.29) is 18.3 Å². The molecule has 2 aromatic rings. The van der Waals surface area contributed by atoms with Crippen LogP contribution in [0.4, 0.5) is 0 Å². The van der Waals surface area contributed by atoms with Gasteiger partial charge in [-0.05, 0) is 61.2 Å². The Kier molecular flexibility index (Phi) is 10.1. The second-order valence-corrected chi connectivity index (χ2v) is 6.74. The van der Waals surface area contributed by atoms with Crippen molar-refractivity contribution in [3.63, 3.8) is 0 Å². The average molecular weight is 455 g/mol. The predicted molar refractivity (Wildman–Crippen MR) is 120 cm³/mol. The molecule has 0 saturated heterocycles. The van der Waals surface area contributed by atoms with Gasteiger partial charge in [-0.1, -0.05) is 30.4 Å². The summed E-state index contributed by atoms with van der Waals surface area (Å²) in [6, 6.07) is 11.1. The van der Waals surface area contributed by atoms with E-state index in [0.29, 0.717) is 35.5 Å². The molecule has 0 N–H and O–H groups in total. The molecular formula is C24H25NO8. The number of unbranched alkanes of at least 4 members (excludes halogenated alkanes) is 1. The summed E-state index contributed by atoms with van der Waals surface area (Å²) in [5.74, 6) is -0.121.